The van der Waals surface area contributed by atoms with Crippen molar-refractivity contribution < 1.29 is 19.9 Å². The first kappa shape index (κ1) is 24.8. The number of amides is 2. The number of anilines is 1. The molecule has 9 heteroatoms. The predicted octanol–water partition coefficient (Wildman–Crippen LogP) is 1.10. The van der Waals surface area contributed by atoms with Crippen molar-refractivity contribution in [2.75, 3.05) is 38.0 Å². The molecule has 2 aromatic carbocycles. The fourth-order valence-electron chi connectivity index (χ4n) is 3.85. The molecule has 178 valence electrons. The summed E-state index contributed by atoms with van der Waals surface area (Å²) in [6.07, 6.45) is -0.963. The molecule has 3 rings (SSSR count). The molecule has 0 aliphatic carbocycles. The van der Waals surface area contributed by atoms with Crippen LogP contribution in [0.2, 0.25) is 0 Å². The zero-order chi connectivity index (χ0) is 23.8. The number of aliphatic hydroxyl groups is 1. The molecule has 0 saturated carbocycles. The normalized spacial score (nSPS) is 17.1. The van der Waals surface area contributed by atoms with Crippen molar-refractivity contribution in [3.8, 4) is 11.1 Å². The second-order valence-electron chi connectivity index (χ2n) is 8.36. The third-order valence-electron chi connectivity index (χ3n) is 5.79. The van der Waals surface area contributed by atoms with Crippen LogP contribution in [0, 0.1) is 0 Å². The molecule has 0 aromatic heterocycles. The maximum atomic E-state index is 12.3. The minimum Gasteiger partial charge on any atom is -0.391 e. The Morgan fingerprint density at radius 1 is 1.00 bits per heavy atom. The van der Waals surface area contributed by atoms with Crippen molar-refractivity contribution in [2.24, 2.45) is 0 Å². The number of nitrogens with one attached hydrogen (secondary N) is 4. The standard InChI is InChI=1S/C24H33N5O4/c1-16(26-23(17(2)30)24(32)28-33)18-3-5-19(6-4-18)20-7-9-21(10-8-20)27-22(31)15-29-13-11-25-12-14-29/h3-10,16-17,23,25-26,30,33H,11-15H2,1-2H3,(H,27,31)(H,28,32)/t16-,17-,23+/m1/s1. The highest BCUT2D eigenvalue weighted by Crippen LogP contribution is 2.24. The Hall–Kier alpha value is -2.82. The average molecular weight is 456 g/mol. The third kappa shape index (κ3) is 7.08. The monoisotopic (exact) mass is 455 g/mol. The van der Waals surface area contributed by atoms with Crippen LogP contribution in [0.1, 0.15) is 25.5 Å². The summed E-state index contributed by atoms with van der Waals surface area (Å²) in [6, 6.07) is 14.4. The van der Waals surface area contributed by atoms with Crippen molar-refractivity contribution >= 4 is 17.5 Å². The summed E-state index contributed by atoms with van der Waals surface area (Å²) in [5, 5.41) is 27.9. The van der Waals surface area contributed by atoms with Gasteiger partial charge in [-0.05, 0) is 42.7 Å². The van der Waals surface area contributed by atoms with Crippen LogP contribution in [0.25, 0.3) is 11.1 Å². The van der Waals surface area contributed by atoms with Gasteiger partial charge in [-0.2, -0.15) is 0 Å². The van der Waals surface area contributed by atoms with Crippen LogP contribution in [-0.2, 0) is 9.59 Å². The van der Waals surface area contributed by atoms with Gasteiger partial charge in [0.25, 0.3) is 5.91 Å². The van der Waals surface area contributed by atoms with E-state index in [1.54, 1.807) is 5.48 Å². The van der Waals surface area contributed by atoms with Gasteiger partial charge in [-0.25, -0.2) is 5.48 Å². The maximum absolute atomic E-state index is 12.3. The van der Waals surface area contributed by atoms with E-state index >= 15 is 0 Å². The topological polar surface area (TPSA) is 126 Å². The highest BCUT2D eigenvalue weighted by molar-refractivity contribution is 5.92. The Bertz CT molecular complexity index is 911. The zero-order valence-electron chi connectivity index (χ0n) is 19.0. The van der Waals surface area contributed by atoms with Crippen molar-refractivity contribution in [1.29, 1.82) is 0 Å². The number of nitrogens with zero attached hydrogens (tertiary/aromatic N) is 1. The van der Waals surface area contributed by atoms with Crippen LogP contribution in [0.15, 0.2) is 48.5 Å². The summed E-state index contributed by atoms with van der Waals surface area (Å²) < 4.78 is 0. The number of benzene rings is 2. The van der Waals surface area contributed by atoms with Gasteiger partial charge in [-0.1, -0.05) is 36.4 Å². The molecule has 2 amide bonds. The lowest BCUT2D eigenvalue weighted by Gasteiger charge is -2.26. The first-order chi connectivity index (χ1) is 15.9. The van der Waals surface area contributed by atoms with Crippen LogP contribution in [-0.4, -0.2) is 71.9 Å². The molecule has 0 spiro atoms. The Balaban J connectivity index is 1.57. The largest absolute Gasteiger partial charge is 0.391 e. The van der Waals surface area contributed by atoms with Crippen LogP contribution in [0.4, 0.5) is 5.69 Å². The molecule has 0 radical (unpaired) electrons. The van der Waals surface area contributed by atoms with Crippen LogP contribution >= 0.6 is 0 Å². The minimum atomic E-state index is -0.963. The highest BCUT2D eigenvalue weighted by Gasteiger charge is 2.25. The van der Waals surface area contributed by atoms with Crippen molar-refractivity contribution in [2.45, 2.75) is 32.0 Å². The van der Waals surface area contributed by atoms with E-state index in [9.17, 15) is 14.7 Å². The van der Waals surface area contributed by atoms with E-state index in [1.165, 1.54) is 6.92 Å². The lowest BCUT2D eigenvalue weighted by Crippen LogP contribution is -2.50. The van der Waals surface area contributed by atoms with Crippen LogP contribution in [0.3, 0.4) is 0 Å². The summed E-state index contributed by atoms with van der Waals surface area (Å²) in [5.41, 5.74) is 5.31. The van der Waals surface area contributed by atoms with Gasteiger partial charge >= 0.3 is 0 Å². The first-order valence-electron chi connectivity index (χ1n) is 11.2. The molecular formula is C24H33N5O4. The molecule has 6 N–H and O–H groups in total. The lowest BCUT2D eigenvalue weighted by molar-refractivity contribution is -0.134. The van der Waals surface area contributed by atoms with E-state index < -0.39 is 18.1 Å². The van der Waals surface area contributed by atoms with Gasteiger partial charge in [0, 0.05) is 37.9 Å². The number of rotatable bonds is 9. The molecule has 1 saturated heterocycles. The Morgan fingerprint density at radius 3 is 2.12 bits per heavy atom. The first-order valence-corrected chi connectivity index (χ1v) is 11.2. The molecule has 3 atom stereocenters. The predicted molar refractivity (Wildman–Crippen MR) is 127 cm³/mol. The van der Waals surface area contributed by atoms with E-state index in [1.807, 2.05) is 55.5 Å². The molecule has 0 unspecified atom stereocenters. The van der Waals surface area contributed by atoms with Gasteiger partial charge in [-0.15, -0.1) is 0 Å². The maximum Gasteiger partial charge on any atom is 0.263 e. The number of carbonyl (C=O) groups excluding carboxylic acids is 2. The summed E-state index contributed by atoms with van der Waals surface area (Å²) in [4.78, 5) is 26.2. The van der Waals surface area contributed by atoms with Crippen LogP contribution in [0.5, 0.6) is 0 Å². The summed E-state index contributed by atoms with van der Waals surface area (Å²) in [7, 11) is 0. The summed E-state index contributed by atoms with van der Waals surface area (Å²) >= 11 is 0. The number of hydrogen-bond acceptors (Lipinski definition) is 7. The number of aliphatic hydroxyl groups excluding tert-OH is 1. The van der Waals surface area contributed by atoms with E-state index in [-0.39, 0.29) is 11.9 Å². The van der Waals surface area contributed by atoms with Crippen molar-refractivity contribution in [3.05, 3.63) is 54.1 Å². The number of piperazine rings is 1. The molecule has 1 heterocycles. The average Bonchev–Trinajstić information content (AvgIpc) is 2.83. The zero-order valence-corrected chi connectivity index (χ0v) is 19.0. The molecule has 1 aliphatic heterocycles. The molecule has 9 nitrogen and oxygen atoms in total. The smallest absolute Gasteiger partial charge is 0.263 e. The Labute approximate surface area is 194 Å². The molecule has 2 aromatic rings. The van der Waals surface area contributed by atoms with Gasteiger partial charge in [-0.3, -0.25) is 25.0 Å². The van der Waals surface area contributed by atoms with Gasteiger partial charge in [0.1, 0.15) is 6.04 Å². The lowest BCUT2D eigenvalue weighted by atomic mass is 10.00. The molecule has 0 bridgehead atoms. The Morgan fingerprint density at radius 2 is 1.58 bits per heavy atom. The summed E-state index contributed by atoms with van der Waals surface area (Å²) in [5.74, 6) is -0.700. The number of carbonyl (C=O) groups is 2. The fourth-order valence-corrected chi connectivity index (χ4v) is 3.85. The van der Waals surface area contributed by atoms with E-state index in [0.29, 0.717) is 6.54 Å². The molecule has 33 heavy (non-hydrogen) atoms. The minimum absolute atomic E-state index is 0.0131. The van der Waals surface area contributed by atoms with Gasteiger partial charge in [0.2, 0.25) is 5.91 Å². The van der Waals surface area contributed by atoms with E-state index in [0.717, 1.165) is 48.6 Å². The van der Waals surface area contributed by atoms with Crippen molar-refractivity contribution in [1.82, 2.24) is 21.0 Å². The summed E-state index contributed by atoms with van der Waals surface area (Å²) in [6.45, 7) is 7.35. The highest BCUT2D eigenvalue weighted by atomic mass is 16.5. The number of hydrogen-bond donors (Lipinski definition) is 6. The molecular weight excluding hydrogens is 422 g/mol. The SMILES string of the molecule is C[C@@H](N[C@H](C(=O)NO)[C@@H](C)O)c1ccc(-c2ccc(NC(=O)CN3CCNCC3)cc2)cc1. The number of hydroxylamine groups is 1. The van der Waals surface area contributed by atoms with Crippen LogP contribution < -0.4 is 21.4 Å². The Kier molecular flexibility index (Phi) is 8.93. The van der Waals surface area contributed by atoms with Gasteiger partial charge in [0.15, 0.2) is 0 Å². The second-order valence-corrected chi connectivity index (χ2v) is 8.36. The molecule has 1 aliphatic rings. The van der Waals surface area contributed by atoms with Crippen molar-refractivity contribution in [3.63, 3.8) is 0 Å². The van der Waals surface area contributed by atoms with E-state index in [4.69, 9.17) is 5.21 Å². The third-order valence-corrected chi connectivity index (χ3v) is 5.79. The van der Waals surface area contributed by atoms with Gasteiger partial charge in [0.05, 0.1) is 12.6 Å². The fraction of sp³-hybridized carbons (Fsp3) is 0.417. The second kappa shape index (κ2) is 11.9. The quantitative estimate of drug-likeness (QED) is 0.247. The van der Waals surface area contributed by atoms with E-state index in [2.05, 4.69) is 20.9 Å². The van der Waals surface area contributed by atoms with Gasteiger partial charge < -0.3 is 15.7 Å². The molecule has 1 fully saturated rings.